The molecule has 0 aromatic heterocycles. The van der Waals surface area contributed by atoms with Crippen LogP contribution in [0.15, 0.2) is 121 Å². The van der Waals surface area contributed by atoms with E-state index in [4.69, 9.17) is 25.8 Å². The third-order valence-corrected chi connectivity index (χ3v) is 8.00. The summed E-state index contributed by atoms with van der Waals surface area (Å²) in [6, 6.07) is 34.8. The SMILES string of the molecule is N#Cc1ccc(Nc2c(Oc3ccccc3)c(Oc3ccccc3)c3c(c2Oc2ccccc2)C(=O)c2c(O)ccc(O)c2C3=O)cc1Cl. The summed E-state index contributed by atoms with van der Waals surface area (Å²) in [7, 11) is 0. The third-order valence-electron chi connectivity index (χ3n) is 7.68. The lowest BCUT2D eigenvalue weighted by Crippen LogP contribution is -2.24. The highest BCUT2D eigenvalue weighted by Crippen LogP contribution is 2.56. The molecule has 1 aliphatic carbocycles. The van der Waals surface area contributed by atoms with Crippen molar-refractivity contribution in [2.24, 2.45) is 0 Å². The molecule has 1 aliphatic rings. The van der Waals surface area contributed by atoms with Crippen LogP contribution in [0.5, 0.6) is 46.0 Å². The van der Waals surface area contributed by atoms with E-state index < -0.39 is 34.2 Å². The van der Waals surface area contributed by atoms with Crippen molar-refractivity contribution in [1.29, 1.82) is 5.26 Å². The van der Waals surface area contributed by atoms with Gasteiger partial charge in [0.25, 0.3) is 0 Å². The molecular formula is C39H23ClN2O7. The van der Waals surface area contributed by atoms with Crippen molar-refractivity contribution < 1.29 is 34.0 Å². The number of aromatic hydroxyl groups is 2. The number of phenols is 2. The standard InChI is InChI=1S/C39H23ClN2O7/c40-27-20-23(17-16-22(27)21-41)42-34-37(47-24-10-4-1-5-11-24)32-33(36(46)31-29(44)19-18-28(43)30(31)35(32)45)38(48-25-12-6-2-7-13-25)39(34)49-26-14-8-3-9-15-26/h1-20,42-44H. The zero-order chi connectivity index (χ0) is 34.1. The van der Waals surface area contributed by atoms with E-state index in [0.717, 1.165) is 12.1 Å². The number of nitriles is 1. The number of hydrogen-bond donors (Lipinski definition) is 3. The monoisotopic (exact) mass is 666 g/mol. The first-order valence-electron chi connectivity index (χ1n) is 14.9. The highest BCUT2D eigenvalue weighted by Gasteiger charge is 2.43. The van der Waals surface area contributed by atoms with E-state index in [1.807, 2.05) is 6.07 Å². The van der Waals surface area contributed by atoms with Gasteiger partial charge in [0.05, 0.1) is 32.8 Å². The Balaban J connectivity index is 1.60. The molecule has 0 fully saturated rings. The topological polar surface area (TPSA) is 138 Å². The van der Waals surface area contributed by atoms with Crippen molar-refractivity contribution in [1.82, 2.24) is 0 Å². The smallest absolute Gasteiger partial charge is 0.202 e. The van der Waals surface area contributed by atoms with Gasteiger partial charge in [-0.05, 0) is 66.7 Å². The minimum absolute atomic E-state index is 0.0514. The molecule has 0 saturated carbocycles. The van der Waals surface area contributed by atoms with Crippen molar-refractivity contribution in [3.63, 3.8) is 0 Å². The van der Waals surface area contributed by atoms with Crippen molar-refractivity contribution in [3.8, 4) is 52.1 Å². The molecule has 7 rings (SSSR count). The third kappa shape index (κ3) is 5.73. The van der Waals surface area contributed by atoms with Crippen LogP contribution < -0.4 is 19.5 Å². The Bertz CT molecular complexity index is 2310. The highest BCUT2D eigenvalue weighted by atomic mass is 35.5. The molecule has 0 bridgehead atoms. The van der Waals surface area contributed by atoms with Crippen molar-refractivity contribution in [3.05, 3.63) is 154 Å². The first-order valence-corrected chi connectivity index (χ1v) is 15.3. The first-order chi connectivity index (χ1) is 23.8. The van der Waals surface area contributed by atoms with Gasteiger partial charge in [-0.2, -0.15) is 5.26 Å². The highest BCUT2D eigenvalue weighted by molar-refractivity contribution is 6.33. The fraction of sp³-hybridized carbons (Fsp3) is 0. The number of nitrogens with zero attached hydrogens (tertiary/aromatic N) is 1. The van der Waals surface area contributed by atoms with Gasteiger partial charge in [0.2, 0.25) is 11.6 Å². The van der Waals surface area contributed by atoms with E-state index in [0.29, 0.717) is 22.9 Å². The number of halogens is 1. The van der Waals surface area contributed by atoms with Crippen LogP contribution >= 0.6 is 11.6 Å². The summed E-state index contributed by atoms with van der Waals surface area (Å²) < 4.78 is 19.4. The van der Waals surface area contributed by atoms with Crippen LogP contribution in [-0.2, 0) is 0 Å². The molecule has 0 atom stereocenters. The van der Waals surface area contributed by atoms with E-state index in [-0.39, 0.29) is 44.6 Å². The molecule has 6 aromatic rings. The Labute approximate surface area is 284 Å². The number of anilines is 2. The van der Waals surface area contributed by atoms with Crippen molar-refractivity contribution in [2.75, 3.05) is 5.32 Å². The van der Waals surface area contributed by atoms with Gasteiger partial charge in [-0.1, -0.05) is 66.2 Å². The molecule has 10 heteroatoms. The summed E-state index contributed by atoms with van der Waals surface area (Å²) in [6.45, 7) is 0. The van der Waals surface area contributed by atoms with Crippen LogP contribution in [0.4, 0.5) is 11.4 Å². The Morgan fingerprint density at radius 2 is 1.02 bits per heavy atom. The van der Waals surface area contributed by atoms with Crippen LogP contribution in [0.25, 0.3) is 0 Å². The molecule has 6 aromatic carbocycles. The normalized spacial score (nSPS) is 11.6. The average molecular weight is 667 g/mol. The molecule has 49 heavy (non-hydrogen) atoms. The Kier molecular flexibility index (Phi) is 8.06. The second-order valence-electron chi connectivity index (χ2n) is 10.8. The van der Waals surface area contributed by atoms with Gasteiger partial charge in [-0.3, -0.25) is 9.59 Å². The van der Waals surface area contributed by atoms with Crippen LogP contribution in [-0.4, -0.2) is 21.8 Å². The number of para-hydroxylation sites is 3. The number of carbonyl (C=O) groups is 2. The van der Waals surface area contributed by atoms with Gasteiger partial charge in [0, 0.05) is 5.69 Å². The fourth-order valence-electron chi connectivity index (χ4n) is 5.46. The largest absolute Gasteiger partial charge is 0.507 e. The molecule has 0 unspecified atom stereocenters. The zero-order valence-corrected chi connectivity index (χ0v) is 26.1. The van der Waals surface area contributed by atoms with E-state index in [9.17, 15) is 25.1 Å². The predicted octanol–water partition coefficient (Wildman–Crippen LogP) is 9.52. The van der Waals surface area contributed by atoms with Crippen LogP contribution in [0.2, 0.25) is 5.02 Å². The number of rotatable bonds is 8. The molecule has 0 spiro atoms. The fourth-order valence-corrected chi connectivity index (χ4v) is 5.69. The summed E-state index contributed by atoms with van der Waals surface area (Å²) in [5.41, 5.74) is -0.641. The first kappa shape index (κ1) is 30.9. The van der Waals surface area contributed by atoms with Crippen molar-refractivity contribution in [2.45, 2.75) is 0 Å². The maximum absolute atomic E-state index is 14.6. The number of ether oxygens (including phenoxy) is 3. The maximum Gasteiger partial charge on any atom is 0.202 e. The lowest BCUT2D eigenvalue weighted by Gasteiger charge is -2.28. The minimum atomic E-state index is -0.812. The molecule has 0 amide bonds. The van der Waals surface area contributed by atoms with Crippen LogP contribution in [0, 0.1) is 11.3 Å². The van der Waals surface area contributed by atoms with E-state index in [1.54, 1.807) is 97.1 Å². The lowest BCUT2D eigenvalue weighted by atomic mass is 9.81. The van der Waals surface area contributed by atoms with Crippen molar-refractivity contribution >= 4 is 34.5 Å². The number of fused-ring (bicyclic) bond motifs is 2. The summed E-state index contributed by atoms with van der Waals surface area (Å²) in [6.07, 6.45) is 0. The zero-order valence-electron chi connectivity index (χ0n) is 25.3. The maximum atomic E-state index is 14.6. The van der Waals surface area contributed by atoms with Gasteiger partial charge < -0.3 is 29.7 Å². The summed E-state index contributed by atoms with van der Waals surface area (Å²) in [5.74, 6) is -2.04. The van der Waals surface area contributed by atoms with Gasteiger partial charge in [0.1, 0.15) is 40.5 Å². The number of hydrogen-bond acceptors (Lipinski definition) is 9. The summed E-state index contributed by atoms with van der Waals surface area (Å²) in [4.78, 5) is 29.1. The number of phenolic OH excluding ortho intramolecular Hbond substituents is 2. The number of nitrogens with one attached hydrogen (secondary N) is 1. The summed E-state index contributed by atoms with van der Waals surface area (Å²) >= 11 is 6.42. The van der Waals surface area contributed by atoms with Crippen LogP contribution in [0.3, 0.4) is 0 Å². The quantitative estimate of drug-likeness (QED) is 0.135. The number of carbonyl (C=O) groups excluding carboxylic acids is 2. The second kappa shape index (κ2) is 12.8. The molecular weight excluding hydrogens is 644 g/mol. The summed E-state index contributed by atoms with van der Waals surface area (Å²) in [5, 5.41) is 34.6. The lowest BCUT2D eigenvalue weighted by molar-refractivity contribution is 0.0969. The molecule has 9 nitrogen and oxygen atoms in total. The van der Waals surface area contributed by atoms with Gasteiger partial charge in [-0.15, -0.1) is 0 Å². The average Bonchev–Trinajstić information content (AvgIpc) is 3.11. The van der Waals surface area contributed by atoms with E-state index in [1.165, 1.54) is 12.1 Å². The molecule has 238 valence electrons. The number of benzene rings is 6. The van der Waals surface area contributed by atoms with E-state index in [2.05, 4.69) is 5.32 Å². The molecule has 0 radical (unpaired) electrons. The Morgan fingerprint density at radius 3 is 1.49 bits per heavy atom. The second-order valence-corrected chi connectivity index (χ2v) is 11.2. The molecule has 3 N–H and O–H groups in total. The molecule has 0 aliphatic heterocycles. The minimum Gasteiger partial charge on any atom is -0.507 e. The molecule has 0 heterocycles. The van der Waals surface area contributed by atoms with E-state index >= 15 is 0 Å². The van der Waals surface area contributed by atoms with Crippen LogP contribution in [0.1, 0.15) is 37.4 Å². The molecule has 0 saturated heterocycles. The van der Waals surface area contributed by atoms with Gasteiger partial charge >= 0.3 is 0 Å². The van der Waals surface area contributed by atoms with Gasteiger partial charge in [0.15, 0.2) is 17.2 Å². The predicted molar refractivity (Wildman–Crippen MR) is 182 cm³/mol. The number of ketones is 2. The van der Waals surface area contributed by atoms with Gasteiger partial charge in [-0.25, -0.2) is 0 Å². The Hall–Kier alpha value is -6.76. The Morgan fingerprint density at radius 1 is 0.571 bits per heavy atom.